The first-order valence-electron chi connectivity index (χ1n) is 18.8. The minimum Gasteiger partial charge on any atom is -0.285 e. The van der Waals surface area contributed by atoms with Crippen molar-refractivity contribution < 1.29 is 0 Å². The molecule has 0 saturated heterocycles. The molecule has 0 spiro atoms. The number of hydrogen-bond donors (Lipinski definition) is 0. The average Bonchev–Trinajstić information content (AvgIpc) is 3.84. The van der Waals surface area contributed by atoms with Crippen molar-refractivity contribution in [2.45, 2.75) is 172 Å². The van der Waals surface area contributed by atoms with Crippen LogP contribution in [-0.2, 0) is 29.5 Å². The largest absolute Gasteiger partial charge is 0.285 e. The molecular weight excluding hydrogens is 631 g/mol. The maximum Gasteiger partial charge on any atom is 0.0880 e. The Kier molecular flexibility index (Phi) is 17.7. The Morgan fingerprint density at radius 2 is 1.41 bits per heavy atom. The minimum absolute atomic E-state index is 0.117. The molecule has 2 aliphatic heterocycles. The van der Waals surface area contributed by atoms with Gasteiger partial charge in [0, 0.05) is 61.8 Å². The predicted octanol–water partition coefficient (Wildman–Crippen LogP) is 10.6. The van der Waals surface area contributed by atoms with E-state index in [1.165, 1.54) is 17.6 Å². The number of rotatable bonds is 4. The third-order valence-corrected chi connectivity index (χ3v) is 7.94. The molecule has 51 heavy (non-hydrogen) atoms. The first-order chi connectivity index (χ1) is 23.4. The molecule has 0 bridgehead atoms. The van der Waals surface area contributed by atoms with Gasteiger partial charge in [-0.2, -0.15) is 10.2 Å². The van der Waals surface area contributed by atoms with Gasteiger partial charge in [-0.1, -0.05) is 93.9 Å². The van der Waals surface area contributed by atoms with Gasteiger partial charge in [0.1, 0.15) is 0 Å². The van der Waals surface area contributed by atoms with Crippen LogP contribution in [0.25, 0.3) is 0 Å². The van der Waals surface area contributed by atoms with E-state index in [2.05, 4.69) is 160 Å². The van der Waals surface area contributed by atoms with E-state index in [1.807, 2.05) is 63.4 Å². The molecule has 2 aliphatic rings. The van der Waals surface area contributed by atoms with Gasteiger partial charge in [-0.3, -0.25) is 24.0 Å². The molecular formula is C42H73N9. The Balaban J connectivity index is 0.000000321. The lowest BCUT2D eigenvalue weighted by Crippen LogP contribution is -2.21. The second-order valence-corrected chi connectivity index (χ2v) is 18.4. The third kappa shape index (κ3) is 17.9. The fraction of sp³-hybridized carbons (Fsp3) is 0.667. The minimum atomic E-state index is 0.117. The molecule has 0 saturated carbocycles. The molecule has 0 amide bonds. The van der Waals surface area contributed by atoms with Gasteiger partial charge >= 0.3 is 0 Å². The van der Waals surface area contributed by atoms with Crippen LogP contribution in [-0.4, -0.2) is 53.0 Å². The highest BCUT2D eigenvalue weighted by Crippen LogP contribution is 2.29. The van der Waals surface area contributed by atoms with E-state index < -0.39 is 0 Å². The van der Waals surface area contributed by atoms with E-state index in [0.29, 0.717) is 16.9 Å². The topological polar surface area (TPSA) is 91.1 Å². The maximum absolute atomic E-state index is 4.32. The van der Waals surface area contributed by atoms with Gasteiger partial charge in [0.05, 0.1) is 29.0 Å². The number of aromatic nitrogens is 7. The SMILES string of the molecule is CC(C)(C)C1=CN=CC1.CC(C)(C)C1C=CC=N1.CC(C)(C)n1cccn1.CCCc1cnn(C(C)(C)C)c1.CCCn1cc(C(C)(C)C)nn1. The second-order valence-electron chi connectivity index (χ2n) is 18.4. The smallest absolute Gasteiger partial charge is 0.0880 e. The van der Waals surface area contributed by atoms with Crippen LogP contribution in [0, 0.1) is 10.8 Å². The fourth-order valence-electron chi connectivity index (χ4n) is 4.50. The van der Waals surface area contributed by atoms with Crippen LogP contribution in [0.3, 0.4) is 0 Å². The highest BCUT2D eigenvalue weighted by Gasteiger charge is 2.22. The lowest BCUT2D eigenvalue weighted by Gasteiger charge is -2.22. The second kappa shape index (κ2) is 19.8. The molecule has 9 heteroatoms. The van der Waals surface area contributed by atoms with Gasteiger partial charge < -0.3 is 0 Å². The van der Waals surface area contributed by atoms with E-state index in [9.17, 15) is 0 Å². The van der Waals surface area contributed by atoms with E-state index in [-0.39, 0.29) is 16.5 Å². The van der Waals surface area contributed by atoms with Gasteiger partial charge in [-0.15, -0.1) is 5.10 Å². The van der Waals surface area contributed by atoms with Crippen molar-refractivity contribution in [1.82, 2.24) is 34.6 Å². The molecule has 0 N–H and O–H groups in total. The highest BCUT2D eigenvalue weighted by molar-refractivity contribution is 5.74. The summed E-state index contributed by atoms with van der Waals surface area (Å²) in [4.78, 5) is 8.32. The summed E-state index contributed by atoms with van der Waals surface area (Å²) in [5.41, 5.74) is 4.81. The Morgan fingerprint density at radius 1 is 0.765 bits per heavy atom. The van der Waals surface area contributed by atoms with Gasteiger partial charge in [0.2, 0.25) is 0 Å². The number of hydrogen-bond acceptors (Lipinski definition) is 6. The summed E-state index contributed by atoms with van der Waals surface area (Å²) in [5.74, 6) is 0. The summed E-state index contributed by atoms with van der Waals surface area (Å²) in [6, 6.07) is 2.34. The highest BCUT2D eigenvalue weighted by atomic mass is 15.4. The Morgan fingerprint density at radius 3 is 1.73 bits per heavy atom. The Bertz CT molecular complexity index is 1430. The molecule has 1 atom stereocenters. The zero-order chi connectivity index (χ0) is 39.1. The fourth-order valence-corrected chi connectivity index (χ4v) is 4.50. The standard InChI is InChI=1S/C10H18N2.C9H17N3.2C8H13N.C7H12N2/c1-5-6-9-7-11-12(8-9)10(2,3)4;1-5-6-12-7-8(10-11-12)9(2,3)4;1-8(2,3)7-4-5-9-6-7;1-8(2,3)7-5-4-6-9-7;1-7(2,3)9-6-4-5-8-9/h7-8H,5-6H2,1-4H3;7H,5-6H2,1-4H3;5-6H,4H2,1-3H3;4-7H,1-3H3;4-6H,1-3H3. The quantitative estimate of drug-likeness (QED) is 0.270. The van der Waals surface area contributed by atoms with Crippen molar-refractivity contribution in [2.75, 3.05) is 0 Å². The van der Waals surface area contributed by atoms with Gasteiger partial charge in [0.15, 0.2) is 0 Å². The molecule has 5 rings (SSSR count). The summed E-state index contributed by atoms with van der Waals surface area (Å²) in [6.07, 6.45) is 24.3. The van der Waals surface area contributed by atoms with E-state index in [0.717, 1.165) is 31.5 Å². The summed E-state index contributed by atoms with van der Waals surface area (Å²) in [6.45, 7) is 37.8. The monoisotopic (exact) mass is 704 g/mol. The summed E-state index contributed by atoms with van der Waals surface area (Å²) >= 11 is 0. The van der Waals surface area contributed by atoms with Crippen molar-refractivity contribution in [2.24, 2.45) is 20.8 Å². The van der Waals surface area contributed by atoms with Gasteiger partial charge in [-0.05, 0) is 88.5 Å². The zero-order valence-corrected chi connectivity index (χ0v) is 35.5. The van der Waals surface area contributed by atoms with Crippen LogP contribution < -0.4 is 0 Å². The number of aryl methyl sites for hydroxylation is 2. The lowest BCUT2D eigenvalue weighted by atomic mass is 9.86. The molecule has 3 aromatic heterocycles. The average molecular weight is 704 g/mol. The number of allylic oxidation sites excluding steroid dienone is 2. The normalized spacial score (nSPS) is 15.5. The van der Waals surface area contributed by atoms with Crippen molar-refractivity contribution in [3.63, 3.8) is 0 Å². The van der Waals surface area contributed by atoms with E-state index in [4.69, 9.17) is 0 Å². The van der Waals surface area contributed by atoms with Crippen LogP contribution in [0.4, 0.5) is 0 Å². The molecule has 286 valence electrons. The van der Waals surface area contributed by atoms with Crippen molar-refractivity contribution >= 4 is 12.4 Å². The molecule has 0 aromatic carbocycles. The van der Waals surface area contributed by atoms with Crippen LogP contribution >= 0.6 is 0 Å². The predicted molar refractivity (Wildman–Crippen MR) is 219 cm³/mol. The summed E-state index contributed by atoms with van der Waals surface area (Å²) < 4.78 is 5.87. The molecule has 3 aromatic rings. The number of nitrogens with zero attached hydrogens (tertiary/aromatic N) is 9. The first-order valence-corrected chi connectivity index (χ1v) is 18.8. The van der Waals surface area contributed by atoms with Gasteiger partial charge in [0.25, 0.3) is 0 Å². The first kappa shape index (κ1) is 45.4. The molecule has 5 heterocycles. The van der Waals surface area contributed by atoms with E-state index in [1.54, 1.807) is 6.20 Å². The molecule has 9 nitrogen and oxygen atoms in total. The van der Waals surface area contributed by atoms with Gasteiger partial charge in [-0.25, -0.2) is 0 Å². The maximum atomic E-state index is 4.32. The molecule has 1 unspecified atom stereocenters. The molecule has 0 fully saturated rings. The van der Waals surface area contributed by atoms with Crippen molar-refractivity contribution in [3.8, 4) is 0 Å². The summed E-state index contributed by atoms with van der Waals surface area (Å²) in [7, 11) is 0. The zero-order valence-electron chi connectivity index (χ0n) is 35.5. The lowest BCUT2D eigenvalue weighted by molar-refractivity contribution is 0.355. The third-order valence-electron chi connectivity index (χ3n) is 7.94. The van der Waals surface area contributed by atoms with Crippen LogP contribution in [0.2, 0.25) is 0 Å². The van der Waals surface area contributed by atoms with Crippen LogP contribution in [0.15, 0.2) is 71.0 Å². The molecule has 0 radical (unpaired) electrons. The van der Waals surface area contributed by atoms with Crippen molar-refractivity contribution in [3.05, 3.63) is 72.2 Å². The Hall–Kier alpha value is -3.62. The Labute approximate surface area is 311 Å². The van der Waals surface area contributed by atoms with Crippen LogP contribution in [0.1, 0.15) is 148 Å². The van der Waals surface area contributed by atoms with Crippen LogP contribution in [0.5, 0.6) is 0 Å². The number of aliphatic imine (C=N–C) groups is 2. The molecule has 0 aliphatic carbocycles. The summed E-state index contributed by atoms with van der Waals surface area (Å²) in [5, 5.41) is 16.6. The van der Waals surface area contributed by atoms with Crippen molar-refractivity contribution in [1.29, 1.82) is 0 Å². The van der Waals surface area contributed by atoms with E-state index >= 15 is 0 Å².